The van der Waals surface area contributed by atoms with Crippen molar-refractivity contribution in [3.05, 3.63) is 83.5 Å². The Labute approximate surface area is 200 Å². The van der Waals surface area contributed by atoms with Gasteiger partial charge in [-0.15, -0.1) is 0 Å². The van der Waals surface area contributed by atoms with Crippen LogP contribution >= 0.6 is 0 Å². The monoisotopic (exact) mass is 454 g/mol. The zero-order valence-electron chi connectivity index (χ0n) is 19.7. The lowest BCUT2D eigenvalue weighted by molar-refractivity contribution is -0.117. The average Bonchev–Trinajstić information content (AvgIpc) is 2.88. The topological polar surface area (TPSA) is 74.4 Å². The van der Waals surface area contributed by atoms with Crippen LogP contribution < -0.4 is 5.73 Å². The summed E-state index contributed by atoms with van der Waals surface area (Å²) < 4.78 is 11.6. The van der Waals surface area contributed by atoms with E-state index in [4.69, 9.17) is 20.2 Å². The molecule has 2 aromatic carbocycles. The molecule has 2 atom stereocenters. The van der Waals surface area contributed by atoms with Crippen molar-refractivity contribution in [2.24, 2.45) is 5.92 Å². The second-order valence-corrected chi connectivity index (χ2v) is 9.16. The third-order valence-electron chi connectivity index (χ3n) is 7.27. The van der Waals surface area contributed by atoms with E-state index in [2.05, 4.69) is 37.3 Å². The van der Waals surface area contributed by atoms with Crippen molar-refractivity contribution in [1.82, 2.24) is 4.98 Å². The minimum atomic E-state index is -0.862. The largest absolute Gasteiger partial charge is 0.383 e. The molecule has 2 heterocycles. The molecule has 3 aromatic rings. The van der Waals surface area contributed by atoms with Crippen molar-refractivity contribution in [3.63, 3.8) is 0 Å². The molecule has 2 N–H and O–H groups in total. The number of pyridine rings is 1. The molecule has 0 saturated carbocycles. The standard InChI is InChI=1S/C29H30N2O3/c1-19-6-5-8-25(29(33-2)13-4-3-7-23(29)18-32)27(19)21-9-10-26-22(16-21)17-24(28(30)31-26)20-11-14-34-15-12-20/h3-10,13,16-18,20,23H,11-12,14-15H2,1-2H3,(H2,30,31). The van der Waals surface area contributed by atoms with Crippen LogP contribution in [-0.4, -0.2) is 31.6 Å². The second kappa shape index (κ2) is 9.16. The average molecular weight is 455 g/mol. The summed E-state index contributed by atoms with van der Waals surface area (Å²) in [6.45, 7) is 3.61. The molecule has 2 aliphatic rings. The highest BCUT2D eigenvalue weighted by atomic mass is 16.5. The van der Waals surface area contributed by atoms with Gasteiger partial charge in [0.2, 0.25) is 0 Å². The summed E-state index contributed by atoms with van der Waals surface area (Å²) in [7, 11) is 1.67. The molecule has 5 heteroatoms. The van der Waals surface area contributed by atoms with E-state index in [1.165, 1.54) is 0 Å². The summed E-state index contributed by atoms with van der Waals surface area (Å²) in [6.07, 6.45) is 10.6. The minimum Gasteiger partial charge on any atom is -0.383 e. The zero-order chi connectivity index (χ0) is 23.7. The van der Waals surface area contributed by atoms with Crippen LogP contribution in [-0.2, 0) is 19.9 Å². The smallest absolute Gasteiger partial charge is 0.130 e. The summed E-state index contributed by atoms with van der Waals surface area (Å²) in [4.78, 5) is 16.8. The first-order valence-electron chi connectivity index (χ1n) is 11.8. The lowest BCUT2D eigenvalue weighted by atomic mass is 9.75. The molecular weight excluding hydrogens is 424 g/mol. The Morgan fingerprint density at radius 3 is 2.74 bits per heavy atom. The van der Waals surface area contributed by atoms with Gasteiger partial charge in [0, 0.05) is 25.7 Å². The van der Waals surface area contributed by atoms with Crippen LogP contribution in [0.4, 0.5) is 5.82 Å². The Bertz CT molecular complexity index is 1290. The summed E-state index contributed by atoms with van der Waals surface area (Å²) in [5.41, 5.74) is 11.7. The van der Waals surface area contributed by atoms with E-state index in [1.807, 2.05) is 36.4 Å². The fourth-order valence-electron chi connectivity index (χ4n) is 5.44. The van der Waals surface area contributed by atoms with Gasteiger partial charge in [0.15, 0.2) is 0 Å². The maximum Gasteiger partial charge on any atom is 0.130 e. The van der Waals surface area contributed by atoms with Crippen LogP contribution in [0.25, 0.3) is 22.0 Å². The Balaban J connectivity index is 1.67. The lowest BCUT2D eigenvalue weighted by Gasteiger charge is -2.37. The molecule has 1 aromatic heterocycles. The van der Waals surface area contributed by atoms with E-state index >= 15 is 0 Å². The van der Waals surface area contributed by atoms with E-state index in [9.17, 15) is 4.79 Å². The Morgan fingerprint density at radius 2 is 1.97 bits per heavy atom. The molecule has 5 rings (SSSR count). The van der Waals surface area contributed by atoms with Gasteiger partial charge in [0.1, 0.15) is 17.7 Å². The number of anilines is 1. The maximum atomic E-state index is 12.0. The number of carbonyl (C=O) groups is 1. The van der Waals surface area contributed by atoms with Gasteiger partial charge in [-0.25, -0.2) is 4.98 Å². The third-order valence-corrected chi connectivity index (χ3v) is 7.27. The Hall–Kier alpha value is -3.28. The number of fused-ring (bicyclic) bond motifs is 1. The summed E-state index contributed by atoms with van der Waals surface area (Å²) in [6, 6.07) is 14.7. The van der Waals surface area contributed by atoms with E-state index in [0.29, 0.717) is 11.7 Å². The number of aryl methyl sites for hydroxylation is 1. The first-order chi connectivity index (χ1) is 16.6. The Morgan fingerprint density at radius 1 is 1.15 bits per heavy atom. The summed E-state index contributed by atoms with van der Waals surface area (Å²) in [5.74, 6) is 0.563. The molecular formula is C29H30N2O3. The molecule has 0 amide bonds. The molecule has 2 unspecified atom stereocenters. The molecule has 0 radical (unpaired) electrons. The first kappa shape index (κ1) is 22.5. The number of carbonyl (C=O) groups excluding carboxylic acids is 1. The van der Waals surface area contributed by atoms with Crippen molar-refractivity contribution >= 4 is 23.0 Å². The number of nitrogens with two attached hydrogens (primary N) is 1. The number of ether oxygens (including phenoxy) is 2. The molecule has 174 valence electrons. The van der Waals surface area contributed by atoms with Gasteiger partial charge in [0.25, 0.3) is 0 Å². The quantitative estimate of drug-likeness (QED) is 0.518. The van der Waals surface area contributed by atoms with Crippen LogP contribution in [0, 0.1) is 12.8 Å². The van der Waals surface area contributed by atoms with E-state index in [1.54, 1.807) is 7.11 Å². The van der Waals surface area contributed by atoms with Crippen molar-refractivity contribution < 1.29 is 14.3 Å². The van der Waals surface area contributed by atoms with Crippen LogP contribution in [0.2, 0.25) is 0 Å². The number of allylic oxidation sites excluding steroid dienone is 2. The first-order valence-corrected chi connectivity index (χ1v) is 11.8. The fourth-order valence-corrected chi connectivity index (χ4v) is 5.44. The molecule has 1 aliphatic carbocycles. The van der Waals surface area contributed by atoms with Gasteiger partial charge in [-0.05, 0) is 77.8 Å². The third kappa shape index (κ3) is 3.75. The number of aromatic nitrogens is 1. The van der Waals surface area contributed by atoms with Crippen molar-refractivity contribution in [3.8, 4) is 11.1 Å². The van der Waals surface area contributed by atoms with E-state index in [0.717, 1.165) is 71.1 Å². The van der Waals surface area contributed by atoms with Crippen LogP contribution in [0.5, 0.6) is 0 Å². The molecule has 0 bridgehead atoms. The molecule has 1 saturated heterocycles. The molecule has 1 aliphatic heterocycles. The minimum absolute atomic E-state index is 0.368. The SMILES string of the molecule is COC1(c2cccc(C)c2-c2ccc3nc(N)c(C4CCOCC4)cc3c2)C=CC=CC1C=O. The van der Waals surface area contributed by atoms with Crippen LogP contribution in [0.1, 0.15) is 35.4 Å². The zero-order valence-corrected chi connectivity index (χ0v) is 19.7. The predicted octanol–water partition coefficient (Wildman–Crippen LogP) is 5.47. The van der Waals surface area contributed by atoms with Gasteiger partial charge >= 0.3 is 0 Å². The highest BCUT2D eigenvalue weighted by molar-refractivity contribution is 5.88. The number of nitrogens with zero attached hydrogens (tertiary/aromatic N) is 1. The van der Waals surface area contributed by atoms with Gasteiger partial charge in [-0.3, -0.25) is 0 Å². The van der Waals surface area contributed by atoms with Gasteiger partial charge in [-0.2, -0.15) is 0 Å². The summed E-state index contributed by atoms with van der Waals surface area (Å²) >= 11 is 0. The normalized spacial score (nSPS) is 22.8. The van der Waals surface area contributed by atoms with Gasteiger partial charge in [0.05, 0.1) is 11.4 Å². The molecule has 0 spiro atoms. The number of benzene rings is 2. The molecule has 34 heavy (non-hydrogen) atoms. The number of rotatable bonds is 5. The summed E-state index contributed by atoms with van der Waals surface area (Å²) in [5, 5.41) is 1.06. The second-order valence-electron chi connectivity index (χ2n) is 9.16. The Kier molecular flexibility index (Phi) is 6.07. The van der Waals surface area contributed by atoms with Crippen LogP contribution in [0.15, 0.2) is 66.8 Å². The number of aldehydes is 1. The lowest BCUT2D eigenvalue weighted by Crippen LogP contribution is -2.37. The van der Waals surface area contributed by atoms with Gasteiger partial charge < -0.3 is 20.0 Å². The predicted molar refractivity (Wildman–Crippen MR) is 136 cm³/mol. The van der Waals surface area contributed by atoms with E-state index < -0.39 is 11.5 Å². The number of nitrogen functional groups attached to an aromatic ring is 1. The molecule has 5 nitrogen and oxygen atoms in total. The van der Waals surface area contributed by atoms with Gasteiger partial charge in [-0.1, -0.05) is 42.5 Å². The van der Waals surface area contributed by atoms with Crippen molar-refractivity contribution in [1.29, 1.82) is 0 Å². The van der Waals surface area contributed by atoms with Crippen LogP contribution in [0.3, 0.4) is 0 Å². The highest BCUT2D eigenvalue weighted by Gasteiger charge is 2.40. The van der Waals surface area contributed by atoms with Crippen molar-refractivity contribution in [2.75, 3.05) is 26.1 Å². The van der Waals surface area contributed by atoms with Crippen molar-refractivity contribution in [2.45, 2.75) is 31.3 Å². The highest BCUT2D eigenvalue weighted by Crippen LogP contribution is 2.44. The molecule has 1 fully saturated rings. The number of methoxy groups -OCH3 is 1. The maximum absolute atomic E-state index is 12.0. The number of hydrogen-bond donors (Lipinski definition) is 1. The fraction of sp³-hybridized carbons (Fsp3) is 0.310. The number of hydrogen-bond acceptors (Lipinski definition) is 5. The van der Waals surface area contributed by atoms with E-state index in [-0.39, 0.29) is 0 Å².